The molecule has 0 saturated carbocycles. The number of amides is 1. The van der Waals surface area contributed by atoms with Gasteiger partial charge in [-0.25, -0.2) is 15.0 Å². The van der Waals surface area contributed by atoms with Crippen molar-refractivity contribution in [2.45, 2.75) is 31.5 Å². The summed E-state index contributed by atoms with van der Waals surface area (Å²) in [7, 11) is 0. The van der Waals surface area contributed by atoms with Crippen molar-refractivity contribution in [2.24, 2.45) is 0 Å². The number of aromatic amines is 1. The van der Waals surface area contributed by atoms with Gasteiger partial charge in [-0.1, -0.05) is 0 Å². The summed E-state index contributed by atoms with van der Waals surface area (Å²) in [6.07, 6.45) is -1.33. The minimum absolute atomic E-state index is 0.0978. The molecule has 1 saturated heterocycles. The average molecular weight is 339 g/mol. The van der Waals surface area contributed by atoms with Crippen LogP contribution in [-0.2, 0) is 14.4 Å². The van der Waals surface area contributed by atoms with E-state index in [4.69, 9.17) is 9.57 Å². The normalized spacial score (nSPS) is 26.8. The van der Waals surface area contributed by atoms with E-state index in [0.29, 0.717) is 13.0 Å². The van der Waals surface area contributed by atoms with Gasteiger partial charge in [0.15, 0.2) is 17.4 Å². The summed E-state index contributed by atoms with van der Waals surface area (Å²) in [5, 5.41) is 21.4. The van der Waals surface area contributed by atoms with Crippen LogP contribution in [-0.4, -0.2) is 72.7 Å². The van der Waals surface area contributed by atoms with Gasteiger partial charge in [-0.15, -0.1) is 0 Å². The Balaban J connectivity index is 1.80. The highest BCUT2D eigenvalue weighted by Crippen LogP contribution is 2.31. The SMILES string of the molecule is CCN(C=O)OC[C@H]1O[C@@H](n2cnc3c(=O)[nH]cnc32)[C@H](O)[C@@H]1O. The van der Waals surface area contributed by atoms with Crippen molar-refractivity contribution in [1.82, 2.24) is 24.6 Å². The third-order valence-corrected chi connectivity index (χ3v) is 3.81. The first-order chi connectivity index (χ1) is 11.6. The number of ether oxygens (including phenoxy) is 1. The fourth-order valence-electron chi connectivity index (χ4n) is 2.51. The van der Waals surface area contributed by atoms with Crippen molar-refractivity contribution >= 4 is 17.6 Å². The number of nitrogens with one attached hydrogen (secondary N) is 1. The molecule has 0 unspecified atom stereocenters. The number of H-pyrrole nitrogens is 1. The highest BCUT2D eigenvalue weighted by molar-refractivity contribution is 5.68. The van der Waals surface area contributed by atoms with Crippen LogP contribution in [0.25, 0.3) is 11.2 Å². The lowest BCUT2D eigenvalue weighted by atomic mass is 10.1. The summed E-state index contributed by atoms with van der Waals surface area (Å²) in [4.78, 5) is 37.9. The molecule has 2 aromatic heterocycles. The molecular weight excluding hydrogens is 322 g/mol. The average Bonchev–Trinajstić information content (AvgIpc) is 3.13. The van der Waals surface area contributed by atoms with Gasteiger partial charge in [0.2, 0.25) is 6.41 Å². The van der Waals surface area contributed by atoms with Gasteiger partial charge in [-0.2, -0.15) is 0 Å². The van der Waals surface area contributed by atoms with Crippen molar-refractivity contribution in [3.63, 3.8) is 0 Å². The van der Waals surface area contributed by atoms with Gasteiger partial charge in [-0.3, -0.25) is 19.0 Å². The van der Waals surface area contributed by atoms with Gasteiger partial charge >= 0.3 is 0 Å². The van der Waals surface area contributed by atoms with Crippen molar-refractivity contribution in [2.75, 3.05) is 13.2 Å². The molecule has 4 atom stereocenters. The number of fused-ring (bicyclic) bond motifs is 1. The monoisotopic (exact) mass is 339 g/mol. The number of hydrogen-bond donors (Lipinski definition) is 3. The predicted octanol–water partition coefficient (Wildman–Crippen LogP) is -1.85. The van der Waals surface area contributed by atoms with Crippen LogP contribution in [0.3, 0.4) is 0 Å². The van der Waals surface area contributed by atoms with Gasteiger partial charge in [0.05, 0.1) is 12.7 Å². The van der Waals surface area contributed by atoms with Gasteiger partial charge in [-0.05, 0) is 6.92 Å². The number of aliphatic hydroxyl groups is 2. The molecule has 11 heteroatoms. The molecule has 0 aromatic carbocycles. The molecule has 1 amide bonds. The second kappa shape index (κ2) is 6.65. The van der Waals surface area contributed by atoms with Crippen LogP contribution in [0, 0.1) is 0 Å². The Hall–Kier alpha value is -2.34. The Morgan fingerprint density at radius 1 is 1.46 bits per heavy atom. The van der Waals surface area contributed by atoms with Crippen LogP contribution in [0.1, 0.15) is 13.2 Å². The fourth-order valence-corrected chi connectivity index (χ4v) is 2.51. The first-order valence-corrected chi connectivity index (χ1v) is 7.33. The highest BCUT2D eigenvalue weighted by Gasteiger charge is 2.44. The summed E-state index contributed by atoms with van der Waals surface area (Å²) < 4.78 is 6.99. The van der Waals surface area contributed by atoms with Crippen LogP contribution >= 0.6 is 0 Å². The minimum atomic E-state index is -1.27. The van der Waals surface area contributed by atoms with E-state index >= 15 is 0 Å². The number of imidazole rings is 1. The highest BCUT2D eigenvalue weighted by atomic mass is 16.7. The Morgan fingerprint density at radius 3 is 2.96 bits per heavy atom. The summed E-state index contributed by atoms with van der Waals surface area (Å²) in [6.45, 7) is 1.93. The molecule has 0 aliphatic carbocycles. The molecule has 0 spiro atoms. The van der Waals surface area contributed by atoms with Crippen LogP contribution in [0.2, 0.25) is 0 Å². The number of hydroxylamine groups is 2. The first-order valence-electron chi connectivity index (χ1n) is 7.33. The van der Waals surface area contributed by atoms with Crippen LogP contribution < -0.4 is 5.56 Å². The Kier molecular flexibility index (Phi) is 4.57. The minimum Gasteiger partial charge on any atom is -0.387 e. The second-order valence-corrected chi connectivity index (χ2v) is 5.24. The zero-order valence-corrected chi connectivity index (χ0v) is 12.8. The van der Waals surface area contributed by atoms with Crippen LogP contribution in [0.5, 0.6) is 0 Å². The molecule has 1 fully saturated rings. The van der Waals surface area contributed by atoms with Crippen molar-refractivity contribution in [1.29, 1.82) is 0 Å². The largest absolute Gasteiger partial charge is 0.387 e. The lowest BCUT2D eigenvalue weighted by Gasteiger charge is -2.19. The quantitative estimate of drug-likeness (QED) is 0.411. The summed E-state index contributed by atoms with van der Waals surface area (Å²) in [5.74, 6) is 0. The molecule has 0 radical (unpaired) electrons. The number of rotatable bonds is 6. The summed E-state index contributed by atoms with van der Waals surface area (Å²) in [6, 6.07) is 0. The number of nitrogens with zero attached hydrogens (tertiary/aromatic N) is 4. The molecule has 24 heavy (non-hydrogen) atoms. The number of aliphatic hydroxyl groups excluding tert-OH is 2. The topological polar surface area (TPSA) is 143 Å². The number of aromatic nitrogens is 4. The van der Waals surface area contributed by atoms with E-state index in [1.54, 1.807) is 6.92 Å². The predicted molar refractivity (Wildman–Crippen MR) is 78.5 cm³/mol. The van der Waals surface area contributed by atoms with Gasteiger partial charge in [0, 0.05) is 6.54 Å². The number of hydrogen-bond acceptors (Lipinski definition) is 8. The fraction of sp³-hybridized carbons (Fsp3) is 0.538. The molecule has 2 aromatic rings. The van der Waals surface area contributed by atoms with Gasteiger partial charge in [0.1, 0.15) is 24.9 Å². The van der Waals surface area contributed by atoms with Crippen LogP contribution in [0.4, 0.5) is 0 Å². The maximum atomic E-state index is 11.7. The van der Waals surface area contributed by atoms with Crippen molar-refractivity contribution in [3.8, 4) is 0 Å². The molecular formula is C13H17N5O6. The standard InChI is InChI=1S/C13H17N5O6/c1-2-17(6-19)23-3-7-9(20)10(21)13(24-7)18-5-16-8-11(18)14-4-15-12(8)22/h4-7,9-10,13,20-21H,2-3H2,1H3,(H,14,15,22)/t7-,9-,10-,13-/m1/s1. The van der Waals surface area contributed by atoms with E-state index in [0.717, 1.165) is 5.06 Å². The first kappa shape index (κ1) is 16.5. The third-order valence-electron chi connectivity index (χ3n) is 3.81. The Morgan fingerprint density at radius 2 is 2.25 bits per heavy atom. The molecule has 130 valence electrons. The maximum Gasteiger partial charge on any atom is 0.278 e. The van der Waals surface area contributed by atoms with E-state index < -0.39 is 30.1 Å². The number of carbonyl (C=O) groups excluding carboxylic acids is 1. The Bertz CT molecular complexity index is 776. The molecule has 1 aliphatic rings. The summed E-state index contributed by atoms with van der Waals surface area (Å²) in [5.41, 5.74) is -0.100. The third kappa shape index (κ3) is 2.78. The van der Waals surface area contributed by atoms with Crippen LogP contribution in [0.15, 0.2) is 17.4 Å². The van der Waals surface area contributed by atoms with E-state index in [1.165, 1.54) is 17.2 Å². The van der Waals surface area contributed by atoms with Crippen molar-refractivity contribution < 1.29 is 24.6 Å². The molecule has 3 N–H and O–H groups in total. The number of carbonyl (C=O) groups is 1. The second-order valence-electron chi connectivity index (χ2n) is 5.24. The molecule has 0 bridgehead atoms. The van der Waals surface area contributed by atoms with Crippen molar-refractivity contribution in [3.05, 3.63) is 23.0 Å². The molecule has 1 aliphatic heterocycles. The zero-order chi connectivity index (χ0) is 17.3. The van der Waals surface area contributed by atoms with Gasteiger partial charge in [0.25, 0.3) is 5.56 Å². The lowest BCUT2D eigenvalue weighted by Crippen LogP contribution is -2.36. The van der Waals surface area contributed by atoms with Gasteiger partial charge < -0.3 is 19.9 Å². The van der Waals surface area contributed by atoms with E-state index in [2.05, 4.69) is 15.0 Å². The molecule has 3 rings (SSSR count). The summed E-state index contributed by atoms with van der Waals surface area (Å²) >= 11 is 0. The lowest BCUT2D eigenvalue weighted by molar-refractivity contribution is -0.189. The maximum absolute atomic E-state index is 11.7. The molecule has 11 nitrogen and oxygen atoms in total. The smallest absolute Gasteiger partial charge is 0.278 e. The van der Waals surface area contributed by atoms with E-state index in [1.807, 2.05) is 0 Å². The van der Waals surface area contributed by atoms with E-state index in [-0.39, 0.29) is 17.8 Å². The zero-order valence-electron chi connectivity index (χ0n) is 12.8. The van der Waals surface area contributed by atoms with E-state index in [9.17, 15) is 19.8 Å². The Labute approximate surface area is 135 Å². The molecule has 3 heterocycles.